The normalized spacial score (nSPS) is 10.7. The second kappa shape index (κ2) is 7.36. The van der Waals surface area contributed by atoms with Crippen molar-refractivity contribution in [3.63, 3.8) is 0 Å². The molecule has 2 aromatic rings. The van der Waals surface area contributed by atoms with Gasteiger partial charge in [0.1, 0.15) is 6.61 Å². The molecule has 104 valence electrons. The van der Waals surface area contributed by atoms with Crippen LogP contribution >= 0.6 is 0 Å². The number of ether oxygens (including phenoxy) is 2. The molecule has 0 fully saturated rings. The Kier molecular flexibility index (Phi) is 5.21. The standard InChI is InChI=1S/C17H18O3/c1-19-16-10-9-14(8-5-11-18)12-17(16)20-13-15-6-3-2-4-7-15/h2-10,12,18H,11,13H2,1H3. The molecule has 2 aromatic carbocycles. The Balaban J connectivity index is 2.14. The van der Waals surface area contributed by atoms with Crippen LogP contribution in [0.2, 0.25) is 0 Å². The van der Waals surface area contributed by atoms with Gasteiger partial charge in [0, 0.05) is 0 Å². The Labute approximate surface area is 119 Å². The number of methoxy groups -OCH3 is 1. The summed E-state index contributed by atoms with van der Waals surface area (Å²) in [4.78, 5) is 0. The zero-order valence-electron chi connectivity index (χ0n) is 11.5. The van der Waals surface area contributed by atoms with Gasteiger partial charge >= 0.3 is 0 Å². The molecular formula is C17H18O3. The third-order valence-corrected chi connectivity index (χ3v) is 2.84. The van der Waals surface area contributed by atoms with E-state index in [4.69, 9.17) is 14.6 Å². The number of benzene rings is 2. The summed E-state index contributed by atoms with van der Waals surface area (Å²) in [6.07, 6.45) is 3.53. The third-order valence-electron chi connectivity index (χ3n) is 2.84. The summed E-state index contributed by atoms with van der Waals surface area (Å²) in [5.41, 5.74) is 2.06. The van der Waals surface area contributed by atoms with Crippen LogP contribution in [0.3, 0.4) is 0 Å². The second-order valence-electron chi connectivity index (χ2n) is 4.27. The third kappa shape index (κ3) is 3.87. The van der Waals surface area contributed by atoms with E-state index in [1.54, 1.807) is 13.2 Å². The number of hydrogen-bond donors (Lipinski definition) is 1. The Bertz CT molecular complexity index is 562. The van der Waals surface area contributed by atoms with E-state index in [1.165, 1.54) is 0 Å². The van der Waals surface area contributed by atoms with Gasteiger partial charge < -0.3 is 14.6 Å². The number of aliphatic hydroxyl groups excluding tert-OH is 1. The second-order valence-corrected chi connectivity index (χ2v) is 4.27. The average molecular weight is 270 g/mol. The van der Waals surface area contributed by atoms with Crippen LogP contribution in [-0.4, -0.2) is 18.8 Å². The lowest BCUT2D eigenvalue weighted by Gasteiger charge is -2.11. The van der Waals surface area contributed by atoms with Crippen LogP contribution in [-0.2, 0) is 6.61 Å². The number of aliphatic hydroxyl groups is 1. The molecule has 0 unspecified atom stereocenters. The fourth-order valence-corrected chi connectivity index (χ4v) is 1.83. The first-order chi connectivity index (χ1) is 9.83. The molecule has 0 aliphatic heterocycles. The Morgan fingerprint density at radius 1 is 1.05 bits per heavy atom. The van der Waals surface area contributed by atoms with Crippen molar-refractivity contribution in [2.75, 3.05) is 13.7 Å². The molecule has 0 aromatic heterocycles. The lowest BCUT2D eigenvalue weighted by atomic mass is 10.2. The molecule has 0 bridgehead atoms. The van der Waals surface area contributed by atoms with E-state index in [9.17, 15) is 0 Å². The molecule has 0 aliphatic rings. The quantitative estimate of drug-likeness (QED) is 0.875. The van der Waals surface area contributed by atoms with E-state index in [0.29, 0.717) is 18.1 Å². The first kappa shape index (κ1) is 14.2. The summed E-state index contributed by atoms with van der Waals surface area (Å²) in [7, 11) is 1.62. The van der Waals surface area contributed by atoms with Crippen molar-refractivity contribution in [3.05, 3.63) is 65.7 Å². The van der Waals surface area contributed by atoms with Crippen molar-refractivity contribution < 1.29 is 14.6 Å². The van der Waals surface area contributed by atoms with Gasteiger partial charge in [-0.2, -0.15) is 0 Å². The highest BCUT2D eigenvalue weighted by atomic mass is 16.5. The van der Waals surface area contributed by atoms with Crippen molar-refractivity contribution >= 4 is 6.08 Å². The SMILES string of the molecule is COc1ccc(C=CCO)cc1OCc1ccccc1. The Hall–Kier alpha value is -2.26. The molecule has 0 spiro atoms. The van der Waals surface area contributed by atoms with Gasteiger partial charge in [-0.25, -0.2) is 0 Å². The molecule has 3 heteroatoms. The van der Waals surface area contributed by atoms with Gasteiger partial charge in [-0.1, -0.05) is 48.6 Å². The van der Waals surface area contributed by atoms with Gasteiger partial charge in [0.05, 0.1) is 13.7 Å². The molecule has 0 atom stereocenters. The fourth-order valence-electron chi connectivity index (χ4n) is 1.83. The van der Waals surface area contributed by atoms with E-state index in [-0.39, 0.29) is 6.61 Å². The molecule has 0 aliphatic carbocycles. The van der Waals surface area contributed by atoms with Crippen molar-refractivity contribution in [1.29, 1.82) is 0 Å². The van der Waals surface area contributed by atoms with Crippen LogP contribution in [0.25, 0.3) is 6.08 Å². The van der Waals surface area contributed by atoms with Crippen LogP contribution in [0.5, 0.6) is 11.5 Å². The Morgan fingerprint density at radius 3 is 2.55 bits per heavy atom. The van der Waals surface area contributed by atoms with E-state index in [1.807, 2.05) is 54.6 Å². The van der Waals surface area contributed by atoms with Crippen molar-refractivity contribution in [1.82, 2.24) is 0 Å². The lowest BCUT2D eigenvalue weighted by Crippen LogP contribution is -1.97. The Morgan fingerprint density at radius 2 is 1.85 bits per heavy atom. The van der Waals surface area contributed by atoms with Gasteiger partial charge in [-0.05, 0) is 23.3 Å². The van der Waals surface area contributed by atoms with Crippen molar-refractivity contribution in [2.45, 2.75) is 6.61 Å². The van der Waals surface area contributed by atoms with E-state index in [0.717, 1.165) is 11.1 Å². The zero-order chi connectivity index (χ0) is 14.2. The molecule has 20 heavy (non-hydrogen) atoms. The van der Waals surface area contributed by atoms with Crippen LogP contribution in [0.15, 0.2) is 54.6 Å². The maximum Gasteiger partial charge on any atom is 0.162 e. The van der Waals surface area contributed by atoms with Crippen LogP contribution in [0.4, 0.5) is 0 Å². The minimum absolute atomic E-state index is 0.0201. The highest BCUT2D eigenvalue weighted by Crippen LogP contribution is 2.29. The predicted molar refractivity (Wildman–Crippen MR) is 79.9 cm³/mol. The van der Waals surface area contributed by atoms with E-state index < -0.39 is 0 Å². The summed E-state index contributed by atoms with van der Waals surface area (Å²) < 4.78 is 11.1. The van der Waals surface area contributed by atoms with Gasteiger partial charge in [0.15, 0.2) is 11.5 Å². The van der Waals surface area contributed by atoms with E-state index in [2.05, 4.69) is 0 Å². The van der Waals surface area contributed by atoms with Gasteiger partial charge in [0.2, 0.25) is 0 Å². The molecule has 2 rings (SSSR count). The zero-order valence-corrected chi connectivity index (χ0v) is 11.5. The largest absolute Gasteiger partial charge is 0.493 e. The molecule has 0 radical (unpaired) electrons. The molecule has 3 nitrogen and oxygen atoms in total. The minimum atomic E-state index is 0.0201. The molecule has 0 amide bonds. The molecule has 0 heterocycles. The summed E-state index contributed by atoms with van der Waals surface area (Å²) in [6.45, 7) is 0.511. The molecule has 0 saturated carbocycles. The lowest BCUT2D eigenvalue weighted by molar-refractivity contribution is 0.284. The minimum Gasteiger partial charge on any atom is -0.493 e. The van der Waals surface area contributed by atoms with Crippen LogP contribution in [0.1, 0.15) is 11.1 Å². The van der Waals surface area contributed by atoms with Gasteiger partial charge in [-0.3, -0.25) is 0 Å². The molecule has 0 saturated heterocycles. The maximum absolute atomic E-state index is 8.81. The van der Waals surface area contributed by atoms with Gasteiger partial charge in [-0.15, -0.1) is 0 Å². The monoisotopic (exact) mass is 270 g/mol. The summed E-state index contributed by atoms with van der Waals surface area (Å²) >= 11 is 0. The van der Waals surface area contributed by atoms with Gasteiger partial charge in [0.25, 0.3) is 0 Å². The number of hydrogen-bond acceptors (Lipinski definition) is 3. The van der Waals surface area contributed by atoms with Crippen LogP contribution in [0, 0.1) is 0 Å². The first-order valence-electron chi connectivity index (χ1n) is 6.45. The average Bonchev–Trinajstić information content (AvgIpc) is 2.52. The fraction of sp³-hybridized carbons (Fsp3) is 0.176. The predicted octanol–water partition coefficient (Wildman–Crippen LogP) is 3.28. The highest BCUT2D eigenvalue weighted by Gasteiger charge is 2.05. The van der Waals surface area contributed by atoms with Crippen molar-refractivity contribution in [2.24, 2.45) is 0 Å². The van der Waals surface area contributed by atoms with E-state index >= 15 is 0 Å². The van der Waals surface area contributed by atoms with Crippen molar-refractivity contribution in [3.8, 4) is 11.5 Å². The van der Waals surface area contributed by atoms with Crippen LogP contribution < -0.4 is 9.47 Å². The smallest absolute Gasteiger partial charge is 0.162 e. The topological polar surface area (TPSA) is 38.7 Å². The summed E-state index contributed by atoms with van der Waals surface area (Å²) in [6, 6.07) is 15.6. The molecule has 1 N–H and O–H groups in total. The number of rotatable bonds is 6. The summed E-state index contributed by atoms with van der Waals surface area (Å²) in [5.74, 6) is 1.39. The maximum atomic E-state index is 8.81. The summed E-state index contributed by atoms with van der Waals surface area (Å²) in [5, 5.41) is 8.81. The first-order valence-corrected chi connectivity index (χ1v) is 6.45. The molecular weight excluding hydrogens is 252 g/mol. The highest BCUT2D eigenvalue weighted by molar-refractivity contribution is 5.55.